The van der Waals surface area contributed by atoms with Gasteiger partial charge >= 0.3 is 0 Å². The minimum atomic E-state index is 0.157. The van der Waals surface area contributed by atoms with Crippen molar-refractivity contribution in [1.29, 1.82) is 0 Å². The van der Waals surface area contributed by atoms with Crippen molar-refractivity contribution < 1.29 is 4.79 Å². The van der Waals surface area contributed by atoms with Gasteiger partial charge in [-0.25, -0.2) is 0 Å². The Morgan fingerprint density at radius 2 is 1.88 bits per heavy atom. The van der Waals surface area contributed by atoms with Crippen LogP contribution in [0.4, 0.5) is 0 Å². The molecular formula is C21H24N2O. The SMILES string of the molecule is Cc1ccc(C(=O)N(C2CC2)C2CCCc3ccccc32)c(C)n1. The van der Waals surface area contributed by atoms with E-state index in [1.165, 1.54) is 11.1 Å². The number of hydrogen-bond acceptors (Lipinski definition) is 2. The summed E-state index contributed by atoms with van der Waals surface area (Å²) in [7, 11) is 0. The number of aryl methyl sites for hydroxylation is 3. The molecular weight excluding hydrogens is 296 g/mol. The molecule has 0 aliphatic heterocycles. The van der Waals surface area contributed by atoms with Gasteiger partial charge in [-0.1, -0.05) is 24.3 Å². The number of aromatic nitrogens is 1. The van der Waals surface area contributed by atoms with Crippen molar-refractivity contribution in [1.82, 2.24) is 9.88 Å². The van der Waals surface area contributed by atoms with E-state index in [0.29, 0.717) is 6.04 Å². The third-order valence-electron chi connectivity index (χ3n) is 5.30. The molecule has 1 aromatic carbocycles. The Kier molecular flexibility index (Phi) is 3.87. The topological polar surface area (TPSA) is 33.2 Å². The predicted molar refractivity (Wildman–Crippen MR) is 95.0 cm³/mol. The van der Waals surface area contributed by atoms with E-state index < -0.39 is 0 Å². The van der Waals surface area contributed by atoms with Gasteiger partial charge in [0.1, 0.15) is 0 Å². The number of benzene rings is 1. The van der Waals surface area contributed by atoms with Crippen molar-refractivity contribution in [2.24, 2.45) is 0 Å². The molecule has 1 aromatic heterocycles. The molecule has 2 aliphatic carbocycles. The Hall–Kier alpha value is -2.16. The molecule has 4 rings (SSSR count). The number of carbonyl (C=O) groups is 1. The van der Waals surface area contributed by atoms with E-state index in [9.17, 15) is 4.79 Å². The molecule has 1 atom stereocenters. The van der Waals surface area contributed by atoms with Crippen molar-refractivity contribution >= 4 is 5.91 Å². The Labute approximate surface area is 143 Å². The van der Waals surface area contributed by atoms with Gasteiger partial charge in [0.2, 0.25) is 0 Å². The van der Waals surface area contributed by atoms with E-state index in [2.05, 4.69) is 34.1 Å². The Balaban J connectivity index is 1.72. The van der Waals surface area contributed by atoms with Gasteiger partial charge in [0, 0.05) is 11.7 Å². The van der Waals surface area contributed by atoms with Gasteiger partial charge in [0.15, 0.2) is 0 Å². The molecule has 124 valence electrons. The van der Waals surface area contributed by atoms with Crippen molar-refractivity contribution in [3.63, 3.8) is 0 Å². The van der Waals surface area contributed by atoms with E-state index in [-0.39, 0.29) is 11.9 Å². The highest BCUT2D eigenvalue weighted by molar-refractivity contribution is 5.96. The maximum Gasteiger partial charge on any atom is 0.256 e. The van der Waals surface area contributed by atoms with Gasteiger partial charge in [-0.2, -0.15) is 0 Å². The molecule has 2 aromatic rings. The van der Waals surface area contributed by atoms with Crippen LogP contribution in [0.3, 0.4) is 0 Å². The minimum absolute atomic E-state index is 0.157. The molecule has 1 amide bonds. The fraction of sp³-hybridized carbons (Fsp3) is 0.429. The second kappa shape index (κ2) is 6.04. The summed E-state index contributed by atoms with van der Waals surface area (Å²) in [5.74, 6) is 0.157. The summed E-state index contributed by atoms with van der Waals surface area (Å²) in [4.78, 5) is 20.0. The number of fused-ring (bicyclic) bond motifs is 1. The lowest BCUT2D eigenvalue weighted by Crippen LogP contribution is -2.38. The lowest BCUT2D eigenvalue weighted by Gasteiger charge is -2.36. The fourth-order valence-electron chi connectivity index (χ4n) is 3.98. The lowest BCUT2D eigenvalue weighted by atomic mass is 9.86. The van der Waals surface area contributed by atoms with Gasteiger partial charge in [0.25, 0.3) is 5.91 Å². The first-order valence-electron chi connectivity index (χ1n) is 9.00. The van der Waals surface area contributed by atoms with Gasteiger partial charge in [-0.3, -0.25) is 9.78 Å². The van der Waals surface area contributed by atoms with Crippen molar-refractivity contribution in [2.45, 2.75) is 58.0 Å². The Bertz CT molecular complexity index is 779. The second-order valence-electron chi connectivity index (χ2n) is 7.14. The molecule has 2 aliphatic rings. The third kappa shape index (κ3) is 2.72. The first-order valence-corrected chi connectivity index (χ1v) is 9.00. The zero-order valence-corrected chi connectivity index (χ0v) is 14.5. The van der Waals surface area contributed by atoms with Crippen LogP contribution in [0.15, 0.2) is 36.4 Å². The molecule has 1 saturated carbocycles. The van der Waals surface area contributed by atoms with Crippen LogP contribution in [-0.2, 0) is 6.42 Å². The molecule has 3 heteroatoms. The molecule has 1 heterocycles. The first kappa shape index (κ1) is 15.4. The highest BCUT2D eigenvalue weighted by Gasteiger charge is 2.40. The molecule has 0 spiro atoms. The van der Waals surface area contributed by atoms with Crippen molar-refractivity contribution in [3.05, 3.63) is 64.5 Å². The fourth-order valence-corrected chi connectivity index (χ4v) is 3.98. The largest absolute Gasteiger partial charge is 0.329 e. The standard InChI is InChI=1S/C21H24N2O/c1-14-10-13-18(15(2)22-14)21(24)23(17-11-12-17)20-9-5-7-16-6-3-4-8-19(16)20/h3-4,6,8,10,13,17,20H,5,7,9,11-12H2,1-2H3. The van der Waals surface area contributed by atoms with Crippen molar-refractivity contribution in [2.75, 3.05) is 0 Å². The summed E-state index contributed by atoms with van der Waals surface area (Å²) in [6, 6.07) is 13.1. The molecule has 3 nitrogen and oxygen atoms in total. The summed E-state index contributed by atoms with van der Waals surface area (Å²) in [5, 5.41) is 0. The maximum atomic E-state index is 13.4. The molecule has 24 heavy (non-hydrogen) atoms. The first-order chi connectivity index (χ1) is 11.6. The average Bonchev–Trinajstić information content (AvgIpc) is 3.40. The quantitative estimate of drug-likeness (QED) is 0.841. The van der Waals surface area contributed by atoms with E-state index in [4.69, 9.17) is 0 Å². The van der Waals surface area contributed by atoms with Crippen LogP contribution in [0.25, 0.3) is 0 Å². The number of pyridine rings is 1. The summed E-state index contributed by atoms with van der Waals surface area (Å²) in [5.41, 5.74) is 5.32. The van der Waals surface area contributed by atoms with Crippen LogP contribution in [0.5, 0.6) is 0 Å². The third-order valence-corrected chi connectivity index (χ3v) is 5.30. The van der Waals surface area contributed by atoms with E-state index >= 15 is 0 Å². The van der Waals surface area contributed by atoms with Gasteiger partial charge in [-0.15, -0.1) is 0 Å². The minimum Gasteiger partial charge on any atom is -0.329 e. The molecule has 0 saturated heterocycles. The van der Waals surface area contributed by atoms with E-state index in [0.717, 1.165) is 49.1 Å². The van der Waals surface area contributed by atoms with Gasteiger partial charge in [0.05, 0.1) is 17.3 Å². The van der Waals surface area contributed by atoms with Gasteiger partial charge < -0.3 is 4.90 Å². The summed E-state index contributed by atoms with van der Waals surface area (Å²) < 4.78 is 0. The smallest absolute Gasteiger partial charge is 0.256 e. The summed E-state index contributed by atoms with van der Waals surface area (Å²) in [6.45, 7) is 3.91. The van der Waals surface area contributed by atoms with Crippen LogP contribution >= 0.6 is 0 Å². The molecule has 0 N–H and O–H groups in total. The Morgan fingerprint density at radius 3 is 2.62 bits per heavy atom. The number of nitrogens with zero attached hydrogens (tertiary/aromatic N) is 2. The van der Waals surface area contributed by atoms with Crippen LogP contribution in [0.1, 0.15) is 64.6 Å². The molecule has 1 unspecified atom stereocenters. The summed E-state index contributed by atoms with van der Waals surface area (Å²) in [6.07, 6.45) is 5.61. The van der Waals surface area contributed by atoms with E-state index in [1.807, 2.05) is 26.0 Å². The number of hydrogen-bond donors (Lipinski definition) is 0. The highest BCUT2D eigenvalue weighted by Crippen LogP contribution is 2.41. The van der Waals surface area contributed by atoms with Crippen LogP contribution in [0, 0.1) is 13.8 Å². The number of rotatable bonds is 3. The van der Waals surface area contributed by atoms with Gasteiger partial charge in [-0.05, 0) is 69.2 Å². The van der Waals surface area contributed by atoms with Crippen LogP contribution in [0.2, 0.25) is 0 Å². The Morgan fingerprint density at radius 1 is 1.08 bits per heavy atom. The number of amides is 1. The van der Waals surface area contributed by atoms with Crippen LogP contribution in [-0.4, -0.2) is 21.8 Å². The monoisotopic (exact) mass is 320 g/mol. The average molecular weight is 320 g/mol. The predicted octanol–water partition coefficient (Wildman–Crippen LogP) is 4.38. The van der Waals surface area contributed by atoms with Crippen LogP contribution < -0.4 is 0 Å². The highest BCUT2D eigenvalue weighted by atomic mass is 16.2. The normalized spacial score (nSPS) is 19.7. The molecule has 0 radical (unpaired) electrons. The molecule has 1 fully saturated rings. The lowest BCUT2D eigenvalue weighted by molar-refractivity contribution is 0.0636. The summed E-state index contributed by atoms with van der Waals surface area (Å²) >= 11 is 0. The van der Waals surface area contributed by atoms with Crippen molar-refractivity contribution in [3.8, 4) is 0 Å². The second-order valence-corrected chi connectivity index (χ2v) is 7.14. The van der Waals surface area contributed by atoms with E-state index in [1.54, 1.807) is 0 Å². The zero-order valence-electron chi connectivity index (χ0n) is 14.5. The maximum absolute atomic E-state index is 13.4. The zero-order chi connectivity index (χ0) is 16.7. The molecule has 0 bridgehead atoms. The number of carbonyl (C=O) groups excluding carboxylic acids is 1.